The zero-order chi connectivity index (χ0) is 17.2. The fourth-order valence-corrected chi connectivity index (χ4v) is 2.24. The van der Waals surface area contributed by atoms with Crippen molar-refractivity contribution in [1.82, 2.24) is 0 Å². The van der Waals surface area contributed by atoms with Crippen molar-refractivity contribution in [3.63, 3.8) is 0 Å². The van der Waals surface area contributed by atoms with Gasteiger partial charge >= 0.3 is 6.18 Å². The fraction of sp³-hybridized carbons (Fsp3) is 0.188. The van der Waals surface area contributed by atoms with E-state index in [1.165, 1.54) is 0 Å². The van der Waals surface area contributed by atoms with Gasteiger partial charge in [0.15, 0.2) is 0 Å². The molecule has 2 aromatic carbocycles. The Labute approximate surface area is 129 Å². The minimum Gasteiger partial charge on any atom is -0.258 e. The van der Waals surface area contributed by atoms with E-state index in [9.17, 15) is 28.5 Å². The molecule has 0 bridgehead atoms. The molecule has 0 aliphatic rings. The zero-order valence-electron chi connectivity index (χ0n) is 12.0. The van der Waals surface area contributed by atoms with Crippen LogP contribution in [-0.4, -0.2) is 4.92 Å². The highest BCUT2D eigenvalue weighted by molar-refractivity contribution is 5.49. The van der Waals surface area contributed by atoms with Gasteiger partial charge in [0.05, 0.1) is 22.5 Å². The summed E-state index contributed by atoms with van der Waals surface area (Å²) in [6.45, 7) is 1.82. The Morgan fingerprint density at radius 3 is 2.26 bits per heavy atom. The van der Waals surface area contributed by atoms with E-state index >= 15 is 0 Å². The van der Waals surface area contributed by atoms with Crippen LogP contribution in [0.2, 0.25) is 0 Å². The second-order valence-electron chi connectivity index (χ2n) is 5.00. The number of nitriles is 1. The SMILES string of the molecule is Cc1ccc(C(C#N)c2ccc([N+](=O)[O-])cc2C(F)(F)F)cc1. The van der Waals surface area contributed by atoms with Crippen molar-refractivity contribution in [3.8, 4) is 6.07 Å². The van der Waals surface area contributed by atoms with Crippen molar-refractivity contribution in [3.05, 3.63) is 74.8 Å². The summed E-state index contributed by atoms with van der Waals surface area (Å²) in [5, 5.41) is 20.0. The van der Waals surface area contributed by atoms with Gasteiger partial charge in [-0.05, 0) is 24.1 Å². The smallest absolute Gasteiger partial charge is 0.258 e. The maximum absolute atomic E-state index is 13.2. The molecule has 1 atom stereocenters. The monoisotopic (exact) mass is 320 g/mol. The van der Waals surface area contributed by atoms with Gasteiger partial charge < -0.3 is 0 Å². The molecule has 0 saturated carbocycles. The summed E-state index contributed by atoms with van der Waals surface area (Å²) >= 11 is 0. The van der Waals surface area contributed by atoms with E-state index in [0.29, 0.717) is 11.6 Å². The van der Waals surface area contributed by atoms with Gasteiger partial charge in [0.1, 0.15) is 0 Å². The standard InChI is InChI=1S/C16H11F3N2O2/c1-10-2-4-11(5-3-10)14(9-20)13-7-6-12(21(22)23)8-15(13)16(17,18)19/h2-8,14H,1H3. The van der Waals surface area contributed by atoms with Gasteiger partial charge in [-0.2, -0.15) is 18.4 Å². The van der Waals surface area contributed by atoms with E-state index in [1.54, 1.807) is 24.3 Å². The molecule has 0 saturated heterocycles. The molecule has 0 amide bonds. The lowest BCUT2D eigenvalue weighted by atomic mass is 9.88. The number of nitrogens with zero attached hydrogens (tertiary/aromatic N) is 2. The van der Waals surface area contributed by atoms with Crippen molar-refractivity contribution in [2.45, 2.75) is 19.0 Å². The van der Waals surface area contributed by atoms with Gasteiger partial charge in [0, 0.05) is 12.1 Å². The van der Waals surface area contributed by atoms with Crippen molar-refractivity contribution >= 4 is 5.69 Å². The number of non-ortho nitro benzene ring substituents is 1. The maximum Gasteiger partial charge on any atom is 0.416 e. The zero-order valence-corrected chi connectivity index (χ0v) is 12.0. The Bertz CT molecular complexity index is 777. The van der Waals surface area contributed by atoms with Crippen LogP contribution in [0.25, 0.3) is 0 Å². The molecular formula is C16H11F3N2O2. The molecule has 2 aromatic rings. The summed E-state index contributed by atoms with van der Waals surface area (Å²) in [5.41, 5.74) is -0.822. The molecule has 0 aromatic heterocycles. The lowest BCUT2D eigenvalue weighted by Crippen LogP contribution is -2.13. The maximum atomic E-state index is 13.2. The third-order valence-electron chi connectivity index (χ3n) is 3.40. The number of benzene rings is 2. The Morgan fingerprint density at radius 2 is 1.78 bits per heavy atom. The second-order valence-corrected chi connectivity index (χ2v) is 5.00. The molecular weight excluding hydrogens is 309 g/mol. The van der Waals surface area contributed by atoms with Crippen molar-refractivity contribution in [2.24, 2.45) is 0 Å². The number of nitro benzene ring substituents is 1. The molecule has 0 fully saturated rings. The number of halogens is 3. The summed E-state index contributed by atoms with van der Waals surface area (Å²) in [6.07, 6.45) is -4.79. The number of nitro groups is 1. The van der Waals surface area contributed by atoms with Crippen LogP contribution in [0, 0.1) is 28.4 Å². The van der Waals surface area contributed by atoms with Crippen molar-refractivity contribution in [2.75, 3.05) is 0 Å². The molecule has 0 N–H and O–H groups in total. The summed E-state index contributed by atoms with van der Waals surface area (Å²) in [5.74, 6) is -1.16. The fourth-order valence-electron chi connectivity index (χ4n) is 2.24. The molecule has 1 unspecified atom stereocenters. The molecule has 0 heterocycles. The third-order valence-corrected chi connectivity index (χ3v) is 3.40. The minimum absolute atomic E-state index is 0.297. The number of hydrogen-bond acceptors (Lipinski definition) is 3. The van der Waals surface area contributed by atoms with Crippen LogP contribution >= 0.6 is 0 Å². The highest BCUT2D eigenvalue weighted by Gasteiger charge is 2.37. The molecule has 7 heteroatoms. The topological polar surface area (TPSA) is 66.9 Å². The largest absolute Gasteiger partial charge is 0.416 e. The summed E-state index contributed by atoms with van der Waals surface area (Å²) in [6, 6.07) is 10.8. The Morgan fingerprint density at radius 1 is 1.17 bits per heavy atom. The minimum atomic E-state index is -4.79. The van der Waals surface area contributed by atoms with E-state index in [1.807, 2.05) is 13.0 Å². The van der Waals surface area contributed by atoms with Gasteiger partial charge in [-0.1, -0.05) is 29.8 Å². The molecule has 0 spiro atoms. The van der Waals surface area contributed by atoms with E-state index in [4.69, 9.17) is 0 Å². The highest BCUT2D eigenvalue weighted by atomic mass is 19.4. The average molecular weight is 320 g/mol. The molecule has 2 rings (SSSR count). The van der Waals surface area contributed by atoms with Crippen LogP contribution in [0.5, 0.6) is 0 Å². The van der Waals surface area contributed by atoms with Crippen molar-refractivity contribution in [1.29, 1.82) is 5.26 Å². The van der Waals surface area contributed by atoms with Crippen molar-refractivity contribution < 1.29 is 18.1 Å². The molecule has 4 nitrogen and oxygen atoms in total. The van der Waals surface area contributed by atoms with Gasteiger partial charge in [0.2, 0.25) is 0 Å². The summed E-state index contributed by atoms with van der Waals surface area (Å²) in [4.78, 5) is 9.81. The predicted molar refractivity (Wildman–Crippen MR) is 76.7 cm³/mol. The normalized spacial score (nSPS) is 12.5. The lowest BCUT2D eigenvalue weighted by molar-refractivity contribution is -0.385. The molecule has 0 aliphatic heterocycles. The van der Waals surface area contributed by atoms with Gasteiger partial charge in [-0.25, -0.2) is 0 Å². The quantitative estimate of drug-likeness (QED) is 0.614. The van der Waals surface area contributed by atoms with E-state index in [-0.39, 0.29) is 5.56 Å². The Balaban J connectivity index is 2.62. The van der Waals surface area contributed by atoms with Crippen LogP contribution in [-0.2, 0) is 6.18 Å². The average Bonchev–Trinajstić information content (AvgIpc) is 2.49. The van der Waals surface area contributed by atoms with Crippen LogP contribution in [0.3, 0.4) is 0 Å². The number of hydrogen-bond donors (Lipinski definition) is 0. The van der Waals surface area contributed by atoms with Crippen LogP contribution in [0.1, 0.15) is 28.2 Å². The summed E-state index contributed by atoms with van der Waals surface area (Å²) < 4.78 is 39.7. The van der Waals surface area contributed by atoms with E-state index < -0.39 is 28.3 Å². The van der Waals surface area contributed by atoms with Crippen LogP contribution < -0.4 is 0 Å². The molecule has 23 heavy (non-hydrogen) atoms. The van der Waals surface area contributed by atoms with Gasteiger partial charge in [-0.3, -0.25) is 10.1 Å². The lowest BCUT2D eigenvalue weighted by Gasteiger charge is -2.17. The Kier molecular flexibility index (Phi) is 4.36. The van der Waals surface area contributed by atoms with E-state index in [0.717, 1.165) is 17.7 Å². The third kappa shape index (κ3) is 3.48. The predicted octanol–water partition coefficient (Wildman–Crippen LogP) is 4.58. The van der Waals surface area contributed by atoms with Crippen LogP contribution in [0.15, 0.2) is 42.5 Å². The Hall–Kier alpha value is -2.88. The highest BCUT2D eigenvalue weighted by Crippen LogP contribution is 2.39. The second kappa shape index (κ2) is 6.08. The molecule has 0 aliphatic carbocycles. The van der Waals surface area contributed by atoms with Gasteiger partial charge in [-0.15, -0.1) is 0 Å². The first-order chi connectivity index (χ1) is 10.7. The first-order valence-corrected chi connectivity index (χ1v) is 6.55. The molecule has 0 radical (unpaired) electrons. The van der Waals surface area contributed by atoms with Crippen LogP contribution in [0.4, 0.5) is 18.9 Å². The summed E-state index contributed by atoms with van der Waals surface area (Å²) in [7, 11) is 0. The number of rotatable bonds is 3. The molecule has 118 valence electrons. The number of aryl methyl sites for hydroxylation is 1. The number of alkyl halides is 3. The van der Waals surface area contributed by atoms with E-state index in [2.05, 4.69) is 0 Å². The first kappa shape index (κ1) is 16.5. The first-order valence-electron chi connectivity index (χ1n) is 6.55. The van der Waals surface area contributed by atoms with Gasteiger partial charge in [0.25, 0.3) is 5.69 Å².